The Labute approximate surface area is 251 Å². The van der Waals surface area contributed by atoms with Crippen LogP contribution < -0.4 is 4.90 Å². The van der Waals surface area contributed by atoms with Crippen LogP contribution in [-0.4, -0.2) is 75.6 Å². The quantitative estimate of drug-likeness (QED) is 0.323. The van der Waals surface area contributed by atoms with E-state index in [4.69, 9.17) is 10.1 Å². The minimum atomic E-state index is -3.02. The number of hydrogen-bond donors (Lipinski definition) is 0. The molecule has 43 heavy (non-hydrogen) atoms. The standard InChI is InChI=1S/C33H38N6O3S/c1-19-26-7-5-22(33(40)38-17-24-13-23-15-27(38)30(23)24)18-39(26)35-31(19)28-14-21-6-8-29(34-32(21)37(28)16-20-3-4-20)36-11-9-25(10-12-36)43(2,41)42/h5-8,14,18,20,23-25,27,30H,3-4,9-13,15-17H2,1-2H3/t23?,24?,27?,30-/m1/s1. The predicted octanol–water partition coefficient (Wildman–Crippen LogP) is 4.56. The van der Waals surface area contributed by atoms with E-state index in [0.29, 0.717) is 37.9 Å². The number of aryl methyl sites for hydroxylation is 1. The van der Waals surface area contributed by atoms with E-state index < -0.39 is 9.84 Å². The lowest BCUT2D eigenvalue weighted by Crippen LogP contribution is -2.53. The fourth-order valence-corrected chi connectivity index (χ4v) is 9.72. The molecule has 5 fully saturated rings. The summed E-state index contributed by atoms with van der Waals surface area (Å²) < 4.78 is 28.4. The minimum absolute atomic E-state index is 0.148. The molecule has 2 saturated heterocycles. The van der Waals surface area contributed by atoms with E-state index >= 15 is 0 Å². The molecule has 3 aliphatic carbocycles. The van der Waals surface area contributed by atoms with E-state index in [1.807, 2.05) is 16.8 Å². The van der Waals surface area contributed by atoms with Gasteiger partial charge in [0.05, 0.1) is 22.0 Å². The summed E-state index contributed by atoms with van der Waals surface area (Å²) in [5.74, 6) is 4.05. The zero-order valence-corrected chi connectivity index (χ0v) is 25.6. The molecule has 224 valence electrons. The van der Waals surface area contributed by atoms with Gasteiger partial charge in [-0.25, -0.2) is 17.9 Å². The molecule has 0 spiro atoms. The highest BCUT2D eigenvalue weighted by Crippen LogP contribution is 2.60. The first-order valence-electron chi connectivity index (χ1n) is 16.0. The number of rotatable bonds is 6. The summed E-state index contributed by atoms with van der Waals surface area (Å²) in [6, 6.07) is 10.9. The van der Waals surface area contributed by atoms with Crippen molar-refractivity contribution in [3.8, 4) is 11.4 Å². The number of amides is 1. The summed E-state index contributed by atoms with van der Waals surface area (Å²) in [7, 11) is -3.02. The Kier molecular flexibility index (Phi) is 5.49. The number of fused-ring (bicyclic) bond motifs is 2. The lowest BCUT2D eigenvalue weighted by atomic mass is 9.53. The SMILES string of the molecule is Cc1c(-c2cc3ccc(N4CCC(S(C)(=O)=O)CC4)nc3n2CC2CC2)nn2cc(C(=O)N3CC4CC5CC3[C@H]54)ccc12. The van der Waals surface area contributed by atoms with Crippen molar-refractivity contribution in [3.05, 3.63) is 47.7 Å². The highest BCUT2D eigenvalue weighted by Gasteiger charge is 2.61. The van der Waals surface area contributed by atoms with Crippen LogP contribution in [0.1, 0.15) is 54.4 Å². The average Bonchev–Trinajstić information content (AvgIpc) is 3.66. The smallest absolute Gasteiger partial charge is 0.255 e. The molecule has 10 heteroatoms. The van der Waals surface area contributed by atoms with Gasteiger partial charge in [0.2, 0.25) is 0 Å². The summed E-state index contributed by atoms with van der Waals surface area (Å²) in [5.41, 5.74) is 5.79. The molecule has 0 radical (unpaired) electrons. The molecule has 9 rings (SSSR count). The average molecular weight is 599 g/mol. The summed E-state index contributed by atoms with van der Waals surface area (Å²) in [4.78, 5) is 23.1. The number of piperidine rings is 1. The Balaban J connectivity index is 1.06. The highest BCUT2D eigenvalue weighted by atomic mass is 32.2. The van der Waals surface area contributed by atoms with Gasteiger partial charge in [-0.3, -0.25) is 4.79 Å². The number of nitrogens with zero attached hydrogens (tertiary/aromatic N) is 6. The molecular weight excluding hydrogens is 560 g/mol. The van der Waals surface area contributed by atoms with Gasteiger partial charge in [-0.1, -0.05) is 0 Å². The first-order chi connectivity index (χ1) is 20.7. The second-order valence-electron chi connectivity index (χ2n) is 14.0. The second-order valence-corrected chi connectivity index (χ2v) is 16.3. The van der Waals surface area contributed by atoms with E-state index in [0.717, 1.165) is 75.7 Å². The molecule has 4 aromatic heterocycles. The Morgan fingerprint density at radius 2 is 1.84 bits per heavy atom. The number of likely N-dealkylation sites (tertiary alicyclic amines) is 1. The highest BCUT2D eigenvalue weighted by molar-refractivity contribution is 7.91. The van der Waals surface area contributed by atoms with Gasteiger partial charge in [0.15, 0.2) is 0 Å². The summed E-state index contributed by atoms with van der Waals surface area (Å²) in [6.45, 7) is 5.33. The topological polar surface area (TPSA) is 92.8 Å². The molecule has 9 nitrogen and oxygen atoms in total. The van der Waals surface area contributed by atoms with Crippen LogP contribution in [0.3, 0.4) is 0 Å². The van der Waals surface area contributed by atoms with Crippen molar-refractivity contribution in [1.29, 1.82) is 0 Å². The van der Waals surface area contributed by atoms with E-state index in [9.17, 15) is 13.2 Å². The van der Waals surface area contributed by atoms with Crippen molar-refractivity contribution in [2.24, 2.45) is 23.7 Å². The maximum atomic E-state index is 13.6. The van der Waals surface area contributed by atoms with Crippen molar-refractivity contribution in [2.75, 3.05) is 30.8 Å². The number of carbonyl (C=O) groups excluding carboxylic acids is 1. The van der Waals surface area contributed by atoms with E-state index in [1.54, 1.807) is 0 Å². The second kappa shape index (κ2) is 9.06. The number of hydrogen-bond acceptors (Lipinski definition) is 6. The molecule has 5 aliphatic rings. The van der Waals surface area contributed by atoms with Crippen LogP contribution in [0.4, 0.5) is 5.82 Å². The van der Waals surface area contributed by atoms with Crippen LogP contribution in [0.5, 0.6) is 0 Å². The summed E-state index contributed by atoms with van der Waals surface area (Å²) in [6.07, 6.45) is 9.49. The largest absolute Gasteiger partial charge is 0.356 e. The molecule has 0 aromatic carbocycles. The fourth-order valence-electron chi connectivity index (χ4n) is 8.65. The summed E-state index contributed by atoms with van der Waals surface area (Å²) >= 11 is 0. The van der Waals surface area contributed by atoms with Gasteiger partial charge in [-0.2, -0.15) is 5.10 Å². The van der Waals surface area contributed by atoms with E-state index in [-0.39, 0.29) is 11.2 Å². The van der Waals surface area contributed by atoms with Crippen molar-refractivity contribution in [1.82, 2.24) is 24.1 Å². The molecule has 3 unspecified atom stereocenters. The monoisotopic (exact) mass is 598 g/mol. The molecule has 6 heterocycles. The Morgan fingerprint density at radius 1 is 1.02 bits per heavy atom. The zero-order chi connectivity index (χ0) is 29.2. The van der Waals surface area contributed by atoms with Gasteiger partial charge in [-0.15, -0.1) is 0 Å². The number of carbonyl (C=O) groups is 1. The molecule has 4 aromatic rings. The Bertz CT molecular complexity index is 1920. The summed E-state index contributed by atoms with van der Waals surface area (Å²) in [5, 5.41) is 5.90. The molecule has 2 aliphatic heterocycles. The van der Waals surface area contributed by atoms with Crippen LogP contribution in [0.2, 0.25) is 0 Å². The van der Waals surface area contributed by atoms with Crippen LogP contribution in [-0.2, 0) is 16.4 Å². The lowest BCUT2D eigenvalue weighted by molar-refractivity contribution is -0.0204. The van der Waals surface area contributed by atoms with E-state index in [1.165, 1.54) is 31.9 Å². The fraction of sp³-hybridized carbons (Fsp3) is 0.545. The maximum absolute atomic E-state index is 13.6. The Hall–Kier alpha value is -3.40. The third-order valence-corrected chi connectivity index (χ3v) is 13.1. The number of sulfone groups is 1. The van der Waals surface area contributed by atoms with Gasteiger partial charge in [0.1, 0.15) is 27.0 Å². The number of anilines is 1. The van der Waals surface area contributed by atoms with Crippen molar-refractivity contribution in [2.45, 2.75) is 63.3 Å². The predicted molar refractivity (Wildman–Crippen MR) is 166 cm³/mol. The van der Waals surface area contributed by atoms with Crippen molar-refractivity contribution < 1.29 is 13.2 Å². The molecular formula is C33H38N6O3S. The van der Waals surface area contributed by atoms with Gasteiger partial charge >= 0.3 is 0 Å². The van der Waals surface area contributed by atoms with Crippen LogP contribution >= 0.6 is 0 Å². The number of pyridine rings is 2. The normalized spacial score (nSPS) is 27.0. The van der Waals surface area contributed by atoms with Gasteiger partial charge in [0.25, 0.3) is 5.91 Å². The molecule has 3 saturated carbocycles. The number of aromatic nitrogens is 4. The van der Waals surface area contributed by atoms with E-state index in [2.05, 4.69) is 45.6 Å². The first kappa shape index (κ1) is 26.0. The molecule has 4 atom stereocenters. The van der Waals surface area contributed by atoms with Gasteiger partial charge in [-0.05, 0) is 99.5 Å². The third kappa shape index (κ3) is 4.01. The zero-order valence-electron chi connectivity index (χ0n) is 24.8. The van der Waals surface area contributed by atoms with Gasteiger partial charge < -0.3 is 14.4 Å². The van der Waals surface area contributed by atoms with Crippen molar-refractivity contribution >= 4 is 38.1 Å². The van der Waals surface area contributed by atoms with Crippen molar-refractivity contribution in [3.63, 3.8) is 0 Å². The Morgan fingerprint density at radius 3 is 2.56 bits per heavy atom. The lowest BCUT2D eigenvalue weighted by Gasteiger charge is -2.52. The van der Waals surface area contributed by atoms with Crippen LogP contribution in [0, 0.1) is 30.6 Å². The maximum Gasteiger partial charge on any atom is 0.255 e. The first-order valence-corrected chi connectivity index (χ1v) is 17.9. The molecule has 0 N–H and O–H groups in total. The molecule has 1 amide bonds. The van der Waals surface area contributed by atoms with Crippen LogP contribution in [0.25, 0.3) is 27.9 Å². The van der Waals surface area contributed by atoms with Crippen LogP contribution in [0.15, 0.2) is 36.5 Å². The third-order valence-electron chi connectivity index (χ3n) is 11.4. The minimum Gasteiger partial charge on any atom is -0.356 e. The van der Waals surface area contributed by atoms with Gasteiger partial charge in [0, 0.05) is 55.6 Å². The molecule has 0 bridgehead atoms.